The fourth-order valence-electron chi connectivity index (χ4n) is 8.82. The maximum absolute atomic E-state index is 13.7. The highest BCUT2D eigenvalue weighted by molar-refractivity contribution is 5.85. The summed E-state index contributed by atoms with van der Waals surface area (Å²) in [5.74, 6) is 1.13. The van der Waals surface area contributed by atoms with Crippen LogP contribution in [-0.4, -0.2) is 78.5 Å². The molecule has 0 radical (unpaired) electrons. The second-order valence-corrected chi connectivity index (χ2v) is 17.0. The van der Waals surface area contributed by atoms with Gasteiger partial charge in [0.15, 0.2) is 0 Å². The van der Waals surface area contributed by atoms with Gasteiger partial charge in [0, 0.05) is 30.6 Å². The van der Waals surface area contributed by atoms with Crippen molar-refractivity contribution in [2.45, 2.75) is 95.5 Å². The molecular formula is C46H52N8O6. The van der Waals surface area contributed by atoms with Gasteiger partial charge in [0.1, 0.15) is 17.2 Å². The van der Waals surface area contributed by atoms with E-state index in [9.17, 15) is 19.2 Å². The summed E-state index contributed by atoms with van der Waals surface area (Å²) in [6, 6.07) is 25.0. The van der Waals surface area contributed by atoms with Crippen LogP contribution in [0.1, 0.15) is 101 Å². The number of likely N-dealkylation sites (tertiary alicyclic amines) is 2. The molecule has 3 aromatic carbocycles. The van der Waals surface area contributed by atoms with Crippen molar-refractivity contribution in [3.05, 3.63) is 108 Å². The predicted molar refractivity (Wildman–Crippen MR) is 225 cm³/mol. The number of rotatable bonds is 10. The molecule has 3 aliphatic rings. The smallest absolute Gasteiger partial charge is 0.407 e. The molecular weight excluding hydrogens is 761 g/mol. The Morgan fingerprint density at radius 1 is 0.733 bits per heavy atom. The fraction of sp³-hybridized carbons (Fsp3) is 0.391. The Hall–Kier alpha value is -6.44. The molecule has 0 spiro atoms. The lowest BCUT2D eigenvalue weighted by molar-refractivity contribution is -0.141. The van der Waals surface area contributed by atoms with Gasteiger partial charge in [0.05, 0.1) is 35.9 Å². The number of amides is 4. The van der Waals surface area contributed by atoms with E-state index in [-0.39, 0.29) is 35.9 Å². The largest absolute Gasteiger partial charge is 0.444 e. The number of primary amides is 1. The minimum absolute atomic E-state index is 0.0721. The van der Waals surface area contributed by atoms with Crippen LogP contribution in [-0.2, 0) is 19.1 Å². The van der Waals surface area contributed by atoms with Crippen molar-refractivity contribution in [1.82, 2.24) is 35.1 Å². The molecule has 2 saturated heterocycles. The summed E-state index contributed by atoms with van der Waals surface area (Å²) in [7, 11) is 0. The van der Waals surface area contributed by atoms with Crippen molar-refractivity contribution >= 4 is 24.0 Å². The number of imidazole rings is 2. The van der Waals surface area contributed by atoms with Crippen molar-refractivity contribution < 1.29 is 28.7 Å². The number of carbonyl (C=O) groups is 4. The van der Waals surface area contributed by atoms with Crippen LogP contribution in [0.5, 0.6) is 0 Å². The highest BCUT2D eigenvalue weighted by Crippen LogP contribution is 2.38. The van der Waals surface area contributed by atoms with Crippen LogP contribution in [0.3, 0.4) is 0 Å². The molecule has 1 saturated carbocycles. The van der Waals surface area contributed by atoms with Crippen LogP contribution < -0.4 is 11.1 Å². The van der Waals surface area contributed by atoms with E-state index in [0.717, 1.165) is 78.0 Å². The van der Waals surface area contributed by atoms with E-state index in [2.05, 4.69) is 56.7 Å². The molecule has 3 fully saturated rings. The summed E-state index contributed by atoms with van der Waals surface area (Å²) < 4.78 is 10.7. The maximum Gasteiger partial charge on any atom is 0.407 e. The zero-order chi connectivity index (χ0) is 42.0. The minimum Gasteiger partial charge on any atom is -0.444 e. The molecule has 0 unspecified atom stereocenters. The summed E-state index contributed by atoms with van der Waals surface area (Å²) in [5.41, 5.74) is 11.1. The number of aromatic amines is 2. The van der Waals surface area contributed by atoms with E-state index in [1.54, 1.807) is 35.4 Å². The first kappa shape index (κ1) is 40.3. The molecule has 0 bridgehead atoms. The number of benzene rings is 3. The lowest BCUT2D eigenvalue weighted by Gasteiger charge is -2.27. The number of nitrogens with one attached hydrogen (secondary N) is 3. The molecule has 4 heterocycles. The van der Waals surface area contributed by atoms with Gasteiger partial charge in [-0.25, -0.2) is 19.6 Å². The molecule has 5 N–H and O–H groups in total. The minimum atomic E-state index is -1.13. The molecule has 312 valence electrons. The lowest BCUT2D eigenvalue weighted by atomic mass is 10.0. The number of alkyl carbamates (subject to hydrolysis) is 1. The fourth-order valence-corrected chi connectivity index (χ4v) is 8.82. The second-order valence-electron chi connectivity index (χ2n) is 17.0. The zero-order valence-electron chi connectivity index (χ0n) is 34.2. The van der Waals surface area contributed by atoms with Crippen molar-refractivity contribution in [1.29, 1.82) is 0 Å². The van der Waals surface area contributed by atoms with Crippen LogP contribution >= 0.6 is 0 Å². The number of hydrogen-bond acceptors (Lipinski definition) is 8. The van der Waals surface area contributed by atoms with E-state index in [0.29, 0.717) is 30.9 Å². The quantitative estimate of drug-likeness (QED) is 0.109. The molecule has 60 heavy (non-hydrogen) atoms. The molecule has 2 aromatic heterocycles. The van der Waals surface area contributed by atoms with Gasteiger partial charge >= 0.3 is 12.2 Å². The maximum atomic E-state index is 13.7. The number of ether oxygens (including phenoxy) is 2. The van der Waals surface area contributed by atoms with Gasteiger partial charge in [-0.2, -0.15) is 0 Å². The first-order valence-electron chi connectivity index (χ1n) is 20.8. The first-order valence-corrected chi connectivity index (χ1v) is 20.8. The topological polar surface area (TPSA) is 189 Å². The van der Waals surface area contributed by atoms with Crippen LogP contribution in [0.25, 0.3) is 33.6 Å². The van der Waals surface area contributed by atoms with Crippen LogP contribution in [0.4, 0.5) is 9.59 Å². The average molecular weight is 813 g/mol. The lowest BCUT2D eigenvalue weighted by Crippen LogP contribution is -2.39. The molecule has 8 rings (SSSR count). The number of carbonyl (C=O) groups excluding carboxylic acids is 4. The molecule has 14 heteroatoms. The van der Waals surface area contributed by atoms with Gasteiger partial charge in [-0.05, 0) is 88.0 Å². The van der Waals surface area contributed by atoms with Gasteiger partial charge in [-0.15, -0.1) is 0 Å². The Kier molecular flexibility index (Phi) is 11.5. The average Bonchev–Trinajstić information content (AvgIpc) is 4.09. The normalized spacial score (nSPS) is 20.9. The zero-order valence-corrected chi connectivity index (χ0v) is 34.2. The van der Waals surface area contributed by atoms with E-state index in [4.69, 9.17) is 20.2 Å². The number of nitrogens with two attached hydrogens (primary N) is 1. The molecule has 4 amide bonds. The number of hydrogen-bond donors (Lipinski definition) is 4. The third-order valence-corrected chi connectivity index (χ3v) is 11.7. The Morgan fingerprint density at radius 2 is 1.27 bits per heavy atom. The van der Waals surface area contributed by atoms with E-state index in [1.165, 1.54) is 0 Å². The summed E-state index contributed by atoms with van der Waals surface area (Å²) in [6.07, 6.45) is 6.43. The van der Waals surface area contributed by atoms with Crippen molar-refractivity contribution in [2.24, 2.45) is 11.7 Å². The third kappa shape index (κ3) is 8.92. The van der Waals surface area contributed by atoms with Gasteiger partial charge in [0.2, 0.25) is 12.0 Å². The van der Waals surface area contributed by atoms with E-state index >= 15 is 0 Å². The Bertz CT molecular complexity index is 2320. The van der Waals surface area contributed by atoms with Crippen LogP contribution in [0, 0.1) is 5.92 Å². The highest BCUT2D eigenvalue weighted by Gasteiger charge is 2.40. The third-order valence-electron chi connectivity index (χ3n) is 11.7. The molecule has 14 nitrogen and oxygen atoms in total. The molecule has 5 aromatic rings. The van der Waals surface area contributed by atoms with Crippen molar-refractivity contribution in [3.63, 3.8) is 0 Å². The van der Waals surface area contributed by atoms with Gasteiger partial charge < -0.3 is 40.3 Å². The molecule has 1 aliphatic carbocycles. The Balaban J connectivity index is 0.885. The van der Waals surface area contributed by atoms with Crippen LogP contribution in [0.2, 0.25) is 0 Å². The molecule has 5 atom stereocenters. The second kappa shape index (κ2) is 17.0. The highest BCUT2D eigenvalue weighted by atomic mass is 16.6. The monoisotopic (exact) mass is 812 g/mol. The predicted octanol–water partition coefficient (Wildman–Crippen LogP) is 7.99. The van der Waals surface area contributed by atoms with Gasteiger partial charge in [-0.1, -0.05) is 78.9 Å². The van der Waals surface area contributed by atoms with E-state index in [1.807, 2.05) is 50.1 Å². The van der Waals surface area contributed by atoms with E-state index < -0.39 is 23.9 Å². The summed E-state index contributed by atoms with van der Waals surface area (Å²) in [4.78, 5) is 71.5. The Labute approximate surface area is 349 Å². The number of H-pyrrole nitrogens is 2. The van der Waals surface area contributed by atoms with Gasteiger partial charge in [-0.3, -0.25) is 9.59 Å². The summed E-state index contributed by atoms with van der Waals surface area (Å²) >= 11 is 0. The Morgan fingerprint density at radius 3 is 1.82 bits per heavy atom. The SMILES string of the molecule is CC(C)(C)OC(=O)N[C@H]1CC[C@@H](C(=O)N2CCC[C@H]2c2ncc(-c3ccc(-c4ccc(-c5cnc([C@@H]6CCCN6C(=O)[C@H](OC(N)=O)c6ccccc6)[nH]5)cc4)cc3)[nH]2)C1. The van der Waals surface area contributed by atoms with Crippen molar-refractivity contribution in [2.75, 3.05) is 13.1 Å². The molecule has 2 aliphatic heterocycles. The van der Waals surface area contributed by atoms with Crippen LogP contribution in [0.15, 0.2) is 91.3 Å². The summed E-state index contributed by atoms with van der Waals surface area (Å²) in [5, 5.41) is 2.95. The first-order chi connectivity index (χ1) is 28.9. The number of aromatic nitrogens is 4. The van der Waals surface area contributed by atoms with Crippen molar-refractivity contribution in [3.8, 4) is 33.6 Å². The number of nitrogens with zero attached hydrogens (tertiary/aromatic N) is 4. The van der Waals surface area contributed by atoms with Gasteiger partial charge in [0.25, 0.3) is 5.91 Å². The summed E-state index contributed by atoms with van der Waals surface area (Å²) in [6.45, 7) is 6.72. The standard InChI is InChI=1S/C46H52N8O6/c1-46(2,3)60-45(58)50-34-22-21-33(25-34)42(55)53-23-7-11-37(53)40-48-26-35(51-40)30-17-13-28(14-18-30)29-15-19-31(20-16-29)36-27-49-41(52-36)38-12-8-24-54(38)43(56)39(59-44(47)57)32-9-5-4-6-10-32/h4-6,9-10,13-20,26-27,33-34,37-39H,7-8,11-12,21-25H2,1-3H3,(H2,47,57)(H,48,51)(H,49,52)(H,50,58)/t33-,34+,37+,38+,39-/m1/s1.